The van der Waals surface area contributed by atoms with Crippen LogP contribution in [0.1, 0.15) is 44.1 Å². The summed E-state index contributed by atoms with van der Waals surface area (Å²) in [5, 5.41) is 13.6. The van der Waals surface area contributed by atoms with Crippen LogP contribution >= 0.6 is 11.6 Å². The van der Waals surface area contributed by atoms with Crippen LogP contribution < -0.4 is 5.32 Å². The maximum atomic E-state index is 12.7. The molecule has 0 aliphatic heterocycles. The minimum Gasteiger partial charge on any atom is -0.388 e. The van der Waals surface area contributed by atoms with Crippen LogP contribution in [0.2, 0.25) is 5.02 Å². The van der Waals surface area contributed by atoms with Crippen molar-refractivity contribution < 1.29 is 18.3 Å². The molecule has 2 rings (SSSR count). The van der Waals surface area contributed by atoms with Crippen molar-refractivity contribution in [2.24, 2.45) is 0 Å². The second-order valence-electron chi connectivity index (χ2n) is 5.68. The summed E-state index contributed by atoms with van der Waals surface area (Å²) in [6.45, 7) is 0.216. The molecule has 0 amide bonds. The predicted molar refractivity (Wildman–Crippen MR) is 77.6 cm³/mol. The van der Waals surface area contributed by atoms with Gasteiger partial charge >= 0.3 is 6.18 Å². The minimum atomic E-state index is -4.40. The summed E-state index contributed by atoms with van der Waals surface area (Å²) >= 11 is 5.93. The van der Waals surface area contributed by atoms with Crippen molar-refractivity contribution in [2.45, 2.75) is 50.3 Å². The van der Waals surface area contributed by atoms with E-state index in [1.165, 1.54) is 6.07 Å². The molecule has 1 aromatic carbocycles. The number of aliphatic hydroxyl groups is 1. The van der Waals surface area contributed by atoms with Gasteiger partial charge in [0.25, 0.3) is 0 Å². The monoisotopic (exact) mass is 321 g/mol. The number of rotatable bonds is 3. The molecule has 1 saturated carbocycles. The molecule has 0 radical (unpaired) electrons. The lowest BCUT2D eigenvalue weighted by atomic mass is 9.94. The Morgan fingerprint density at radius 2 is 1.76 bits per heavy atom. The lowest BCUT2D eigenvalue weighted by Crippen LogP contribution is -2.36. The maximum absolute atomic E-state index is 12.7. The van der Waals surface area contributed by atoms with E-state index in [1.54, 1.807) is 0 Å². The average Bonchev–Trinajstić information content (AvgIpc) is 2.62. The zero-order valence-corrected chi connectivity index (χ0v) is 12.4. The van der Waals surface area contributed by atoms with Crippen LogP contribution in [-0.4, -0.2) is 17.3 Å². The third-order valence-electron chi connectivity index (χ3n) is 3.94. The van der Waals surface area contributed by atoms with Gasteiger partial charge in [-0.2, -0.15) is 13.2 Å². The van der Waals surface area contributed by atoms with Gasteiger partial charge in [-0.1, -0.05) is 37.3 Å². The molecule has 1 aromatic rings. The zero-order valence-electron chi connectivity index (χ0n) is 11.6. The fourth-order valence-corrected chi connectivity index (χ4v) is 2.84. The first-order valence-electron chi connectivity index (χ1n) is 7.13. The highest BCUT2D eigenvalue weighted by Gasteiger charge is 2.32. The van der Waals surface area contributed by atoms with Gasteiger partial charge in [0.2, 0.25) is 0 Å². The van der Waals surface area contributed by atoms with Gasteiger partial charge in [-0.15, -0.1) is 0 Å². The van der Waals surface area contributed by atoms with E-state index < -0.39 is 17.3 Å². The number of halogens is 4. The molecule has 1 aliphatic rings. The topological polar surface area (TPSA) is 32.3 Å². The van der Waals surface area contributed by atoms with Crippen molar-refractivity contribution in [3.63, 3.8) is 0 Å². The molecule has 0 bridgehead atoms. The molecular weight excluding hydrogens is 303 g/mol. The van der Waals surface area contributed by atoms with Gasteiger partial charge in [0, 0.05) is 6.54 Å². The standard InChI is InChI=1S/C15H19ClF3NO/c16-12-6-5-11(15(17,18)19)9-13(12)20-10-14(21)7-3-1-2-4-8-14/h5-6,9,20-21H,1-4,7-8,10H2. The fourth-order valence-electron chi connectivity index (χ4n) is 2.66. The Bertz CT molecular complexity index is 482. The summed E-state index contributed by atoms with van der Waals surface area (Å²) in [5.41, 5.74) is -1.40. The largest absolute Gasteiger partial charge is 0.416 e. The van der Waals surface area contributed by atoms with Crippen LogP contribution in [-0.2, 0) is 6.18 Å². The third-order valence-corrected chi connectivity index (χ3v) is 4.27. The van der Waals surface area contributed by atoms with Crippen molar-refractivity contribution in [2.75, 3.05) is 11.9 Å². The second-order valence-corrected chi connectivity index (χ2v) is 6.09. The number of benzene rings is 1. The minimum absolute atomic E-state index is 0.212. The van der Waals surface area contributed by atoms with Crippen molar-refractivity contribution in [3.05, 3.63) is 28.8 Å². The quantitative estimate of drug-likeness (QED) is 0.779. The van der Waals surface area contributed by atoms with E-state index in [1.807, 2.05) is 0 Å². The van der Waals surface area contributed by atoms with Crippen LogP contribution in [0.15, 0.2) is 18.2 Å². The summed E-state index contributed by atoms with van der Waals surface area (Å²) < 4.78 is 38.1. The summed E-state index contributed by atoms with van der Waals surface area (Å²) in [7, 11) is 0. The second kappa shape index (κ2) is 6.44. The molecule has 0 spiro atoms. The van der Waals surface area contributed by atoms with Gasteiger partial charge in [0.1, 0.15) is 0 Å². The molecule has 0 aromatic heterocycles. The van der Waals surface area contributed by atoms with E-state index in [-0.39, 0.29) is 17.3 Å². The van der Waals surface area contributed by atoms with Gasteiger partial charge in [-0.25, -0.2) is 0 Å². The Hall–Kier alpha value is -0.940. The van der Waals surface area contributed by atoms with Crippen molar-refractivity contribution in [3.8, 4) is 0 Å². The average molecular weight is 322 g/mol. The van der Waals surface area contributed by atoms with Crippen LogP contribution in [0.3, 0.4) is 0 Å². The number of anilines is 1. The molecule has 2 N–H and O–H groups in total. The van der Waals surface area contributed by atoms with Crippen molar-refractivity contribution in [1.82, 2.24) is 0 Å². The van der Waals surface area contributed by atoms with Crippen molar-refractivity contribution >= 4 is 17.3 Å². The molecule has 0 saturated heterocycles. The molecule has 0 unspecified atom stereocenters. The first kappa shape index (κ1) is 16.4. The molecule has 0 heterocycles. The zero-order chi connectivity index (χ0) is 15.5. The van der Waals surface area contributed by atoms with E-state index in [4.69, 9.17) is 11.6 Å². The van der Waals surface area contributed by atoms with Gasteiger partial charge in [-0.3, -0.25) is 0 Å². The van der Waals surface area contributed by atoms with Gasteiger partial charge in [-0.05, 0) is 31.0 Å². The Kier molecular flexibility index (Phi) is 5.04. The highest BCUT2D eigenvalue weighted by atomic mass is 35.5. The SMILES string of the molecule is OC1(CNc2cc(C(F)(F)F)ccc2Cl)CCCCCC1. The van der Waals surface area contributed by atoms with E-state index in [9.17, 15) is 18.3 Å². The predicted octanol–water partition coefficient (Wildman–Crippen LogP) is 4.86. The Morgan fingerprint density at radius 1 is 1.14 bits per heavy atom. The normalized spacial score (nSPS) is 19.1. The van der Waals surface area contributed by atoms with Crippen LogP contribution in [0.4, 0.5) is 18.9 Å². The van der Waals surface area contributed by atoms with E-state index in [0.29, 0.717) is 12.8 Å². The van der Waals surface area contributed by atoms with E-state index >= 15 is 0 Å². The highest BCUT2D eigenvalue weighted by Crippen LogP contribution is 2.34. The molecular formula is C15H19ClF3NO. The molecule has 6 heteroatoms. The Labute approximate surface area is 127 Å². The van der Waals surface area contributed by atoms with Gasteiger partial charge in [0.05, 0.1) is 21.9 Å². The lowest BCUT2D eigenvalue weighted by Gasteiger charge is -2.27. The molecule has 1 aliphatic carbocycles. The summed E-state index contributed by atoms with van der Waals surface area (Å²) in [4.78, 5) is 0. The van der Waals surface area contributed by atoms with Crippen LogP contribution in [0.25, 0.3) is 0 Å². The molecule has 2 nitrogen and oxygen atoms in total. The number of hydrogen-bond donors (Lipinski definition) is 2. The summed E-state index contributed by atoms with van der Waals surface area (Å²) in [6, 6.07) is 3.17. The fraction of sp³-hybridized carbons (Fsp3) is 0.600. The Morgan fingerprint density at radius 3 is 2.33 bits per heavy atom. The van der Waals surface area contributed by atoms with Gasteiger partial charge < -0.3 is 10.4 Å². The number of nitrogens with one attached hydrogen (secondary N) is 1. The van der Waals surface area contributed by atoms with Crippen LogP contribution in [0, 0.1) is 0 Å². The first-order valence-corrected chi connectivity index (χ1v) is 7.51. The van der Waals surface area contributed by atoms with E-state index in [0.717, 1.165) is 37.8 Å². The highest BCUT2D eigenvalue weighted by molar-refractivity contribution is 6.33. The molecule has 1 fully saturated rings. The first-order chi connectivity index (χ1) is 9.80. The van der Waals surface area contributed by atoms with Gasteiger partial charge in [0.15, 0.2) is 0 Å². The maximum Gasteiger partial charge on any atom is 0.416 e. The van der Waals surface area contributed by atoms with Crippen LogP contribution in [0.5, 0.6) is 0 Å². The van der Waals surface area contributed by atoms with Crippen molar-refractivity contribution in [1.29, 1.82) is 0 Å². The number of hydrogen-bond acceptors (Lipinski definition) is 2. The Balaban J connectivity index is 2.08. The molecule has 0 atom stereocenters. The smallest absolute Gasteiger partial charge is 0.388 e. The van der Waals surface area contributed by atoms with E-state index in [2.05, 4.69) is 5.32 Å². The summed E-state index contributed by atoms with van der Waals surface area (Å²) in [5.74, 6) is 0. The summed E-state index contributed by atoms with van der Waals surface area (Å²) in [6.07, 6.45) is 0.982. The lowest BCUT2D eigenvalue weighted by molar-refractivity contribution is -0.137. The molecule has 21 heavy (non-hydrogen) atoms. The number of alkyl halides is 3. The third kappa shape index (κ3) is 4.51. The molecule has 118 valence electrons.